The Kier molecular flexibility index (Phi) is 11.0. The number of unbranched alkanes of at least 4 members (excludes halogenated alkanes) is 7. The van der Waals surface area contributed by atoms with E-state index in [1.807, 2.05) is 0 Å². The van der Waals surface area contributed by atoms with Crippen LogP contribution in [0.25, 0.3) is 0 Å². The Balaban J connectivity index is 3.24. The summed E-state index contributed by atoms with van der Waals surface area (Å²) < 4.78 is 10.8. The van der Waals surface area contributed by atoms with Crippen molar-refractivity contribution in [3.8, 4) is 0 Å². The first-order chi connectivity index (χ1) is 8.84. The largest absolute Gasteiger partial charge is 0.338 e. The van der Waals surface area contributed by atoms with Crippen LogP contribution < -0.4 is 0 Å². The summed E-state index contributed by atoms with van der Waals surface area (Å²) in [4.78, 5) is 27.6. The molecule has 0 radical (unpaired) electrons. The Bertz CT molecular complexity index is 290. The van der Waals surface area contributed by atoms with Crippen LogP contribution in [-0.2, 0) is 9.36 Å². The van der Waals surface area contributed by atoms with Gasteiger partial charge in [-0.1, -0.05) is 44.9 Å². The molecule has 0 aliphatic rings. The zero-order valence-corrected chi connectivity index (χ0v) is 13.5. The van der Waals surface area contributed by atoms with E-state index in [4.69, 9.17) is 9.79 Å². The Morgan fingerprint density at radius 3 is 1.84 bits per heavy atom. The highest BCUT2D eigenvalue weighted by Gasteiger charge is 2.23. The van der Waals surface area contributed by atoms with Gasteiger partial charge >= 0.3 is 7.60 Å². The maximum atomic E-state index is 10.8. The minimum Gasteiger partial charge on any atom is -0.324 e. The summed E-state index contributed by atoms with van der Waals surface area (Å²) in [5.74, 6) is 0.270. The van der Waals surface area contributed by atoms with Gasteiger partial charge in [0.1, 0.15) is 10.8 Å². The number of carbonyl (C=O) groups excluding carboxylic acids is 1. The van der Waals surface area contributed by atoms with Gasteiger partial charge in [0.2, 0.25) is 0 Å². The van der Waals surface area contributed by atoms with Crippen LogP contribution in [0.3, 0.4) is 0 Å². The highest BCUT2D eigenvalue weighted by molar-refractivity contribution is 7.89. The van der Waals surface area contributed by atoms with Crippen molar-refractivity contribution in [3.05, 3.63) is 0 Å². The summed E-state index contributed by atoms with van der Waals surface area (Å²) in [7, 11) is -4.00. The van der Waals surface area contributed by atoms with Crippen LogP contribution in [-0.4, -0.2) is 20.6 Å². The highest BCUT2D eigenvalue weighted by atomic mass is 32.1. The maximum absolute atomic E-state index is 10.8. The van der Waals surface area contributed by atoms with Crippen LogP contribution in [0.2, 0.25) is 0 Å². The zero-order valence-electron chi connectivity index (χ0n) is 11.8. The lowest BCUT2D eigenvalue weighted by Gasteiger charge is -2.11. The minimum absolute atomic E-state index is 0.270. The Labute approximate surface area is 121 Å². The van der Waals surface area contributed by atoms with Crippen LogP contribution in [0.15, 0.2) is 0 Å². The van der Waals surface area contributed by atoms with Crippen LogP contribution >= 0.6 is 20.2 Å². The molecule has 0 spiro atoms. The van der Waals surface area contributed by atoms with E-state index in [0.717, 1.165) is 38.5 Å². The summed E-state index contributed by atoms with van der Waals surface area (Å²) in [6.45, 7) is 1.63. The van der Waals surface area contributed by atoms with Gasteiger partial charge in [0, 0.05) is 6.42 Å². The Hall–Kier alpha value is 0.170. The number of hydrogen-bond donors (Lipinski definition) is 3. The molecule has 114 valence electrons. The van der Waals surface area contributed by atoms with Gasteiger partial charge in [-0.2, -0.15) is 12.6 Å². The highest BCUT2D eigenvalue weighted by Crippen LogP contribution is 2.45. The molecule has 2 N–H and O–H groups in total. The van der Waals surface area contributed by atoms with Gasteiger partial charge in [-0.25, -0.2) is 0 Å². The summed E-state index contributed by atoms with van der Waals surface area (Å²) >= 11 is 3.92. The molecular formula is C13H27O4PS. The molecule has 0 amide bonds. The lowest BCUT2D eigenvalue weighted by Crippen LogP contribution is -1.99. The third-order valence-corrected chi connectivity index (χ3v) is 5.32. The van der Waals surface area contributed by atoms with E-state index in [2.05, 4.69) is 12.6 Å². The van der Waals surface area contributed by atoms with E-state index < -0.39 is 12.6 Å². The molecule has 19 heavy (non-hydrogen) atoms. The van der Waals surface area contributed by atoms with E-state index in [-0.39, 0.29) is 5.78 Å². The third kappa shape index (κ3) is 12.9. The summed E-state index contributed by atoms with van der Waals surface area (Å²) in [5, 5.41) is 0. The van der Waals surface area contributed by atoms with E-state index in [9.17, 15) is 9.36 Å². The molecule has 0 aromatic heterocycles. The van der Waals surface area contributed by atoms with Crippen LogP contribution in [0, 0.1) is 0 Å². The fraction of sp³-hybridized carbons (Fsp3) is 0.923. The number of thiol groups is 1. The molecule has 1 unspecified atom stereocenters. The molecule has 0 bridgehead atoms. The summed E-state index contributed by atoms with van der Waals surface area (Å²) in [6.07, 6.45) is 9.74. The van der Waals surface area contributed by atoms with Crippen molar-refractivity contribution in [2.45, 2.75) is 76.1 Å². The van der Waals surface area contributed by atoms with Crippen molar-refractivity contribution < 1.29 is 19.1 Å². The second-order valence-electron chi connectivity index (χ2n) is 5.14. The molecule has 6 heteroatoms. The standard InChI is InChI=1S/C13H27O4PS/c1-12(14)10-8-6-4-2-3-5-7-9-11-13(19)18(15,16)17/h13,19H,2-11H2,1H3,(H2,15,16,17). The normalized spacial score (nSPS) is 13.5. The van der Waals surface area contributed by atoms with Crippen LogP contribution in [0.1, 0.15) is 71.1 Å². The smallest absolute Gasteiger partial charge is 0.324 e. The molecule has 4 nitrogen and oxygen atoms in total. The molecule has 0 rings (SSSR count). The van der Waals surface area contributed by atoms with E-state index >= 15 is 0 Å². The van der Waals surface area contributed by atoms with Crippen molar-refractivity contribution in [1.29, 1.82) is 0 Å². The Morgan fingerprint density at radius 2 is 1.42 bits per heavy atom. The number of hydrogen-bond acceptors (Lipinski definition) is 3. The third-order valence-electron chi connectivity index (χ3n) is 3.13. The van der Waals surface area contributed by atoms with Crippen molar-refractivity contribution in [1.82, 2.24) is 0 Å². The average molecular weight is 310 g/mol. The van der Waals surface area contributed by atoms with Gasteiger partial charge in [-0.3, -0.25) is 4.57 Å². The lowest BCUT2D eigenvalue weighted by molar-refractivity contribution is -0.117. The molecule has 0 aromatic rings. The van der Waals surface area contributed by atoms with Gasteiger partial charge < -0.3 is 14.6 Å². The quantitative estimate of drug-likeness (QED) is 0.290. The van der Waals surface area contributed by atoms with Gasteiger partial charge in [-0.15, -0.1) is 0 Å². The molecule has 0 heterocycles. The molecule has 1 atom stereocenters. The molecule has 0 aliphatic carbocycles. The van der Waals surface area contributed by atoms with Crippen molar-refractivity contribution >= 4 is 26.0 Å². The maximum Gasteiger partial charge on any atom is 0.338 e. The molecule has 0 fully saturated rings. The van der Waals surface area contributed by atoms with E-state index in [0.29, 0.717) is 12.8 Å². The SMILES string of the molecule is CC(=O)CCCCCCCCCCC(S)P(=O)(O)O. The Morgan fingerprint density at radius 1 is 1.00 bits per heavy atom. The number of Topliss-reactive ketones (excluding diaryl/α,β-unsaturated/α-hetero) is 1. The summed E-state index contributed by atoms with van der Waals surface area (Å²) in [6, 6.07) is 0. The van der Waals surface area contributed by atoms with Gasteiger partial charge in [0.05, 0.1) is 0 Å². The molecular weight excluding hydrogens is 283 g/mol. The van der Waals surface area contributed by atoms with Crippen molar-refractivity contribution in [2.75, 3.05) is 0 Å². The predicted octanol–water partition coefficient (Wildman–Crippen LogP) is 3.91. The second kappa shape index (κ2) is 10.9. The molecule has 0 aliphatic heterocycles. The fourth-order valence-electron chi connectivity index (χ4n) is 1.93. The zero-order chi connectivity index (χ0) is 14.7. The summed E-state index contributed by atoms with van der Waals surface area (Å²) in [5.41, 5.74) is 0. The van der Waals surface area contributed by atoms with Gasteiger partial charge in [0.25, 0.3) is 0 Å². The first-order valence-corrected chi connectivity index (χ1v) is 9.26. The first kappa shape index (κ1) is 19.2. The van der Waals surface area contributed by atoms with Crippen molar-refractivity contribution in [3.63, 3.8) is 0 Å². The number of rotatable bonds is 12. The van der Waals surface area contributed by atoms with E-state index in [1.54, 1.807) is 6.92 Å². The fourth-order valence-corrected chi connectivity index (χ4v) is 2.63. The lowest BCUT2D eigenvalue weighted by atomic mass is 10.1. The molecule has 0 aromatic carbocycles. The molecule has 0 saturated carbocycles. The molecule has 0 saturated heterocycles. The van der Waals surface area contributed by atoms with Crippen LogP contribution in [0.4, 0.5) is 0 Å². The predicted molar refractivity (Wildman–Crippen MR) is 81.7 cm³/mol. The van der Waals surface area contributed by atoms with Crippen LogP contribution in [0.5, 0.6) is 0 Å². The first-order valence-electron chi connectivity index (χ1n) is 7.06. The van der Waals surface area contributed by atoms with Crippen molar-refractivity contribution in [2.24, 2.45) is 0 Å². The van der Waals surface area contributed by atoms with E-state index in [1.165, 1.54) is 12.8 Å². The number of ketones is 1. The number of carbonyl (C=O) groups is 1. The monoisotopic (exact) mass is 310 g/mol. The van der Waals surface area contributed by atoms with Gasteiger partial charge in [-0.05, 0) is 19.8 Å². The van der Waals surface area contributed by atoms with Gasteiger partial charge in [0.15, 0.2) is 0 Å². The topological polar surface area (TPSA) is 74.6 Å². The second-order valence-corrected chi connectivity index (χ2v) is 7.97. The minimum atomic E-state index is -4.00. The average Bonchev–Trinajstić information content (AvgIpc) is 2.29.